The molecule has 2 unspecified atom stereocenters. The highest BCUT2D eigenvalue weighted by Gasteiger charge is 2.27. The van der Waals surface area contributed by atoms with Gasteiger partial charge in [-0.1, -0.05) is 12.8 Å². The Morgan fingerprint density at radius 2 is 2.00 bits per heavy atom. The van der Waals surface area contributed by atoms with E-state index in [-0.39, 0.29) is 6.10 Å². The Morgan fingerprint density at radius 1 is 1.20 bits per heavy atom. The van der Waals surface area contributed by atoms with Gasteiger partial charge in [-0.15, -0.1) is 0 Å². The van der Waals surface area contributed by atoms with Gasteiger partial charge >= 0.3 is 0 Å². The molecule has 3 heteroatoms. The average Bonchev–Trinajstić information content (AvgIpc) is 2.22. The molecule has 1 saturated carbocycles. The molecule has 0 bridgehead atoms. The van der Waals surface area contributed by atoms with Crippen molar-refractivity contribution >= 4 is 0 Å². The van der Waals surface area contributed by atoms with E-state index in [0.29, 0.717) is 18.2 Å². The van der Waals surface area contributed by atoms with Crippen molar-refractivity contribution in [3.63, 3.8) is 0 Å². The van der Waals surface area contributed by atoms with Crippen molar-refractivity contribution in [2.45, 2.75) is 69.7 Å². The summed E-state index contributed by atoms with van der Waals surface area (Å²) in [7, 11) is 0. The maximum atomic E-state index is 9.87. The van der Waals surface area contributed by atoms with E-state index < -0.39 is 0 Å². The zero-order chi connectivity index (χ0) is 10.7. The van der Waals surface area contributed by atoms with Gasteiger partial charge in [-0.3, -0.25) is 0 Å². The molecule has 3 nitrogen and oxygen atoms in total. The predicted molar refractivity (Wildman–Crippen MR) is 59.8 cm³/mol. The quantitative estimate of drug-likeness (QED) is 0.729. The molecule has 0 amide bonds. The molecular formula is C12H23NO2. The Kier molecular flexibility index (Phi) is 4.00. The van der Waals surface area contributed by atoms with Crippen LogP contribution in [0.25, 0.3) is 0 Å². The van der Waals surface area contributed by atoms with E-state index in [4.69, 9.17) is 4.74 Å². The van der Waals surface area contributed by atoms with Gasteiger partial charge < -0.3 is 15.2 Å². The first kappa shape index (κ1) is 11.4. The molecule has 0 aromatic heterocycles. The molecule has 2 aliphatic rings. The molecule has 88 valence electrons. The second-order valence-corrected chi connectivity index (χ2v) is 5.03. The summed E-state index contributed by atoms with van der Waals surface area (Å²) in [5, 5.41) is 13.5. The summed E-state index contributed by atoms with van der Waals surface area (Å²) in [6.07, 6.45) is 6.96. The molecule has 2 N–H and O–H groups in total. The Hall–Kier alpha value is -0.120. The standard InChI is InChI=1S/C12H23NO2/c1-9-8-10(6-7-15-9)13-11-4-2-3-5-12(11)14/h9-14H,2-8H2,1H3/t9?,10?,11-,12-/m0/s1. The van der Waals surface area contributed by atoms with E-state index in [9.17, 15) is 5.11 Å². The highest BCUT2D eigenvalue weighted by Crippen LogP contribution is 2.21. The van der Waals surface area contributed by atoms with Crippen molar-refractivity contribution in [2.75, 3.05) is 6.61 Å². The van der Waals surface area contributed by atoms with E-state index >= 15 is 0 Å². The van der Waals surface area contributed by atoms with Crippen LogP contribution >= 0.6 is 0 Å². The van der Waals surface area contributed by atoms with Crippen LogP contribution in [0.15, 0.2) is 0 Å². The summed E-state index contributed by atoms with van der Waals surface area (Å²) in [4.78, 5) is 0. The molecule has 2 fully saturated rings. The number of aliphatic hydroxyl groups is 1. The van der Waals surface area contributed by atoms with Crippen LogP contribution in [-0.4, -0.2) is 36.0 Å². The SMILES string of the molecule is CC1CC(N[C@H]2CCCC[C@@H]2O)CCO1. The van der Waals surface area contributed by atoms with Crippen molar-refractivity contribution in [3.8, 4) is 0 Å². The lowest BCUT2D eigenvalue weighted by molar-refractivity contribution is 0.00237. The highest BCUT2D eigenvalue weighted by molar-refractivity contribution is 4.85. The average molecular weight is 213 g/mol. The Balaban J connectivity index is 1.79. The maximum Gasteiger partial charge on any atom is 0.0693 e. The summed E-state index contributed by atoms with van der Waals surface area (Å²) in [6, 6.07) is 0.876. The largest absolute Gasteiger partial charge is 0.392 e. The zero-order valence-electron chi connectivity index (χ0n) is 9.61. The first-order valence-corrected chi connectivity index (χ1v) is 6.31. The highest BCUT2D eigenvalue weighted by atomic mass is 16.5. The minimum absolute atomic E-state index is 0.128. The van der Waals surface area contributed by atoms with Crippen LogP contribution < -0.4 is 5.32 Å². The van der Waals surface area contributed by atoms with E-state index in [1.54, 1.807) is 0 Å². The van der Waals surface area contributed by atoms with Gasteiger partial charge in [0.2, 0.25) is 0 Å². The van der Waals surface area contributed by atoms with Gasteiger partial charge in [0.25, 0.3) is 0 Å². The lowest BCUT2D eigenvalue weighted by Gasteiger charge is -2.35. The minimum atomic E-state index is -0.128. The predicted octanol–water partition coefficient (Wildman–Crippen LogP) is 1.45. The molecule has 1 aliphatic carbocycles. The third-order valence-electron chi connectivity index (χ3n) is 3.66. The monoisotopic (exact) mass is 213 g/mol. The first-order valence-electron chi connectivity index (χ1n) is 6.31. The van der Waals surface area contributed by atoms with E-state index in [2.05, 4.69) is 12.2 Å². The smallest absolute Gasteiger partial charge is 0.0693 e. The summed E-state index contributed by atoms with van der Waals surface area (Å²) < 4.78 is 5.52. The van der Waals surface area contributed by atoms with Crippen molar-refractivity contribution < 1.29 is 9.84 Å². The molecular weight excluding hydrogens is 190 g/mol. The van der Waals surface area contributed by atoms with Crippen LogP contribution in [0.5, 0.6) is 0 Å². The fraction of sp³-hybridized carbons (Fsp3) is 1.00. The van der Waals surface area contributed by atoms with E-state index in [0.717, 1.165) is 32.3 Å². The van der Waals surface area contributed by atoms with Crippen molar-refractivity contribution in [3.05, 3.63) is 0 Å². The summed E-state index contributed by atoms with van der Waals surface area (Å²) in [6.45, 7) is 2.99. The number of aliphatic hydroxyl groups excluding tert-OH is 1. The lowest BCUT2D eigenvalue weighted by atomic mass is 9.91. The Labute approximate surface area is 92.2 Å². The van der Waals surface area contributed by atoms with Gasteiger partial charge in [0.1, 0.15) is 0 Å². The summed E-state index contributed by atoms with van der Waals surface area (Å²) in [5.74, 6) is 0. The maximum absolute atomic E-state index is 9.87. The van der Waals surface area contributed by atoms with Gasteiger partial charge in [-0.05, 0) is 32.6 Å². The van der Waals surface area contributed by atoms with Crippen LogP contribution in [0.3, 0.4) is 0 Å². The zero-order valence-corrected chi connectivity index (χ0v) is 9.61. The fourth-order valence-corrected chi connectivity index (χ4v) is 2.76. The van der Waals surface area contributed by atoms with Crippen molar-refractivity contribution in [1.82, 2.24) is 5.32 Å². The van der Waals surface area contributed by atoms with Gasteiger partial charge in [-0.25, -0.2) is 0 Å². The van der Waals surface area contributed by atoms with Gasteiger partial charge in [0.15, 0.2) is 0 Å². The third-order valence-corrected chi connectivity index (χ3v) is 3.66. The number of hydrogen-bond donors (Lipinski definition) is 2. The molecule has 4 atom stereocenters. The molecule has 0 aromatic rings. The second kappa shape index (κ2) is 5.28. The van der Waals surface area contributed by atoms with Gasteiger partial charge in [0, 0.05) is 18.7 Å². The van der Waals surface area contributed by atoms with Crippen molar-refractivity contribution in [1.29, 1.82) is 0 Å². The lowest BCUT2D eigenvalue weighted by Crippen LogP contribution is -2.49. The Bertz CT molecular complexity index is 198. The summed E-state index contributed by atoms with van der Waals surface area (Å²) in [5.41, 5.74) is 0. The summed E-state index contributed by atoms with van der Waals surface area (Å²) >= 11 is 0. The number of nitrogens with one attached hydrogen (secondary N) is 1. The molecule has 15 heavy (non-hydrogen) atoms. The molecule has 0 spiro atoms. The number of hydrogen-bond acceptors (Lipinski definition) is 3. The van der Waals surface area contributed by atoms with Crippen molar-refractivity contribution in [2.24, 2.45) is 0 Å². The number of ether oxygens (including phenoxy) is 1. The van der Waals surface area contributed by atoms with Gasteiger partial charge in [0.05, 0.1) is 12.2 Å². The van der Waals surface area contributed by atoms with Crippen LogP contribution in [0.1, 0.15) is 45.4 Å². The van der Waals surface area contributed by atoms with Crippen LogP contribution in [0, 0.1) is 0 Å². The molecule has 1 aliphatic heterocycles. The molecule has 0 aromatic carbocycles. The minimum Gasteiger partial charge on any atom is -0.392 e. The molecule has 0 radical (unpaired) electrons. The third kappa shape index (κ3) is 3.16. The van der Waals surface area contributed by atoms with Crippen LogP contribution in [-0.2, 0) is 4.74 Å². The molecule has 2 rings (SSSR count). The fourth-order valence-electron chi connectivity index (χ4n) is 2.76. The Morgan fingerprint density at radius 3 is 2.73 bits per heavy atom. The normalized spacial score (nSPS) is 42.8. The second-order valence-electron chi connectivity index (χ2n) is 5.03. The van der Waals surface area contributed by atoms with Crippen LogP contribution in [0.2, 0.25) is 0 Å². The topological polar surface area (TPSA) is 41.5 Å². The number of rotatable bonds is 2. The van der Waals surface area contributed by atoms with Gasteiger partial charge in [-0.2, -0.15) is 0 Å². The first-order chi connectivity index (χ1) is 7.25. The molecule has 1 saturated heterocycles. The van der Waals surface area contributed by atoms with E-state index in [1.165, 1.54) is 12.8 Å². The molecule has 1 heterocycles. The van der Waals surface area contributed by atoms with Crippen LogP contribution in [0.4, 0.5) is 0 Å². The van der Waals surface area contributed by atoms with E-state index in [1.807, 2.05) is 0 Å².